The van der Waals surface area contributed by atoms with Crippen molar-refractivity contribution in [3.05, 3.63) is 35.9 Å². The quantitative estimate of drug-likeness (QED) is 0.869. The van der Waals surface area contributed by atoms with Gasteiger partial charge in [0.25, 0.3) is 0 Å². The fourth-order valence-corrected chi connectivity index (χ4v) is 1.78. The van der Waals surface area contributed by atoms with E-state index in [4.69, 9.17) is 0 Å². The first kappa shape index (κ1) is 12.8. The van der Waals surface area contributed by atoms with Crippen molar-refractivity contribution in [3.63, 3.8) is 0 Å². The Morgan fingerprint density at radius 2 is 2.00 bits per heavy atom. The summed E-state index contributed by atoms with van der Waals surface area (Å²) in [6.45, 7) is 6.96. The Bertz CT molecular complexity index is 549. The highest BCUT2D eigenvalue weighted by Gasteiger charge is 2.16. The lowest BCUT2D eigenvalue weighted by Crippen LogP contribution is -2.27. The van der Waals surface area contributed by atoms with E-state index in [1.807, 2.05) is 39.0 Å². The van der Waals surface area contributed by atoms with Gasteiger partial charge in [-0.25, -0.2) is 4.98 Å². The smallest absolute Gasteiger partial charge is 0.129 e. The molecule has 1 aromatic carbocycles. The average molecular weight is 244 g/mol. The molecule has 2 aromatic rings. The summed E-state index contributed by atoms with van der Waals surface area (Å²) in [4.78, 5) is 4.62. The monoisotopic (exact) mass is 244 g/mol. The van der Waals surface area contributed by atoms with Crippen LogP contribution in [0.1, 0.15) is 19.4 Å². The van der Waals surface area contributed by atoms with E-state index >= 15 is 0 Å². The second kappa shape index (κ2) is 4.94. The normalized spacial score (nSPS) is 11.8. The number of fused-ring (bicyclic) bond motifs is 1. The molecule has 0 saturated carbocycles. The Hall–Kier alpha value is -1.61. The Morgan fingerprint density at radius 1 is 1.28 bits per heavy atom. The molecule has 0 amide bonds. The molecule has 1 aromatic heterocycles. The van der Waals surface area contributed by atoms with E-state index in [-0.39, 0.29) is 12.0 Å². The lowest BCUT2D eigenvalue weighted by atomic mass is 9.95. The summed E-state index contributed by atoms with van der Waals surface area (Å²) in [5.74, 6) is 0.898. The number of aryl methyl sites for hydroxylation is 1. The van der Waals surface area contributed by atoms with Crippen molar-refractivity contribution < 1.29 is 5.11 Å². The molecule has 0 unspecified atom stereocenters. The summed E-state index contributed by atoms with van der Waals surface area (Å²) in [6, 6.07) is 10.2. The van der Waals surface area contributed by atoms with Gasteiger partial charge in [0.1, 0.15) is 5.82 Å². The van der Waals surface area contributed by atoms with Crippen LogP contribution >= 0.6 is 0 Å². The van der Waals surface area contributed by atoms with Gasteiger partial charge >= 0.3 is 0 Å². The second-order valence-corrected chi connectivity index (χ2v) is 5.52. The molecule has 96 valence electrons. The van der Waals surface area contributed by atoms with E-state index in [0.717, 1.165) is 22.3 Å². The maximum absolute atomic E-state index is 9.25. The maximum atomic E-state index is 9.25. The molecule has 0 aliphatic heterocycles. The van der Waals surface area contributed by atoms with Crippen LogP contribution in [0.2, 0.25) is 0 Å². The van der Waals surface area contributed by atoms with Crippen LogP contribution in [0, 0.1) is 12.3 Å². The van der Waals surface area contributed by atoms with Gasteiger partial charge in [-0.2, -0.15) is 0 Å². The molecular weight excluding hydrogens is 224 g/mol. The van der Waals surface area contributed by atoms with Crippen molar-refractivity contribution >= 4 is 16.7 Å². The largest absolute Gasteiger partial charge is 0.396 e. The zero-order valence-electron chi connectivity index (χ0n) is 11.2. The predicted molar refractivity (Wildman–Crippen MR) is 75.8 cm³/mol. The summed E-state index contributed by atoms with van der Waals surface area (Å²) in [5.41, 5.74) is 1.98. The number of aromatic nitrogens is 1. The minimum atomic E-state index is -0.139. The third-order valence-electron chi connectivity index (χ3n) is 3.08. The first-order chi connectivity index (χ1) is 8.52. The third kappa shape index (κ3) is 2.79. The van der Waals surface area contributed by atoms with E-state index in [0.29, 0.717) is 6.54 Å². The van der Waals surface area contributed by atoms with Crippen LogP contribution in [-0.2, 0) is 0 Å². The highest BCUT2D eigenvalue weighted by molar-refractivity contribution is 5.81. The number of hydrogen-bond acceptors (Lipinski definition) is 3. The molecule has 0 spiro atoms. The van der Waals surface area contributed by atoms with Crippen LogP contribution in [-0.4, -0.2) is 23.2 Å². The Morgan fingerprint density at radius 3 is 2.72 bits per heavy atom. The van der Waals surface area contributed by atoms with E-state index in [1.165, 1.54) is 0 Å². The highest BCUT2D eigenvalue weighted by atomic mass is 16.3. The molecular formula is C15H20N2O. The zero-order chi connectivity index (χ0) is 13.2. The average Bonchev–Trinajstić information content (AvgIpc) is 2.36. The first-order valence-corrected chi connectivity index (χ1v) is 6.23. The summed E-state index contributed by atoms with van der Waals surface area (Å²) >= 11 is 0. The summed E-state index contributed by atoms with van der Waals surface area (Å²) in [5, 5.41) is 13.7. The van der Waals surface area contributed by atoms with E-state index in [2.05, 4.69) is 22.4 Å². The predicted octanol–water partition coefficient (Wildman–Crippen LogP) is 2.97. The van der Waals surface area contributed by atoms with Gasteiger partial charge in [-0.05, 0) is 24.6 Å². The van der Waals surface area contributed by atoms with Crippen LogP contribution in [0.3, 0.4) is 0 Å². The molecule has 0 aliphatic rings. The summed E-state index contributed by atoms with van der Waals surface area (Å²) in [7, 11) is 0. The van der Waals surface area contributed by atoms with E-state index in [9.17, 15) is 5.11 Å². The lowest BCUT2D eigenvalue weighted by Gasteiger charge is -2.23. The lowest BCUT2D eigenvalue weighted by molar-refractivity contribution is 0.170. The molecule has 0 atom stereocenters. The number of aliphatic hydroxyl groups excluding tert-OH is 1. The molecule has 0 bridgehead atoms. The van der Waals surface area contributed by atoms with E-state index in [1.54, 1.807) is 0 Å². The second-order valence-electron chi connectivity index (χ2n) is 5.52. The number of nitrogens with one attached hydrogen (secondary N) is 1. The number of hydrogen-bond donors (Lipinski definition) is 2. The van der Waals surface area contributed by atoms with Gasteiger partial charge in [-0.15, -0.1) is 0 Å². The minimum absolute atomic E-state index is 0.139. The summed E-state index contributed by atoms with van der Waals surface area (Å²) < 4.78 is 0. The number of anilines is 1. The summed E-state index contributed by atoms with van der Waals surface area (Å²) in [6.07, 6.45) is 0. The molecule has 1 heterocycles. The van der Waals surface area contributed by atoms with Crippen LogP contribution < -0.4 is 5.32 Å². The van der Waals surface area contributed by atoms with Gasteiger partial charge in [0.15, 0.2) is 0 Å². The van der Waals surface area contributed by atoms with Gasteiger partial charge in [0.05, 0.1) is 5.52 Å². The van der Waals surface area contributed by atoms with Crippen LogP contribution in [0.25, 0.3) is 10.9 Å². The van der Waals surface area contributed by atoms with Crippen molar-refractivity contribution in [3.8, 4) is 0 Å². The standard InChI is InChI=1S/C15H20N2O/c1-11-8-12-6-4-5-7-13(12)17-14(11)16-9-15(2,3)10-18/h4-8,18H,9-10H2,1-3H3,(H,16,17). The SMILES string of the molecule is Cc1cc2ccccc2nc1NCC(C)(C)CO. The Balaban J connectivity index is 2.25. The number of rotatable bonds is 4. The number of pyridine rings is 1. The van der Waals surface area contributed by atoms with Gasteiger partial charge in [0.2, 0.25) is 0 Å². The fraction of sp³-hybridized carbons (Fsp3) is 0.400. The van der Waals surface area contributed by atoms with Crippen molar-refractivity contribution in [1.82, 2.24) is 4.98 Å². The third-order valence-corrected chi connectivity index (χ3v) is 3.08. The minimum Gasteiger partial charge on any atom is -0.396 e. The van der Waals surface area contributed by atoms with Crippen LogP contribution in [0.4, 0.5) is 5.82 Å². The molecule has 0 fully saturated rings. The van der Waals surface area contributed by atoms with Gasteiger partial charge in [-0.3, -0.25) is 0 Å². The molecule has 18 heavy (non-hydrogen) atoms. The molecule has 2 rings (SSSR count). The Labute approximate surface area is 108 Å². The van der Waals surface area contributed by atoms with Crippen LogP contribution in [0.15, 0.2) is 30.3 Å². The molecule has 3 nitrogen and oxygen atoms in total. The molecule has 3 heteroatoms. The molecule has 0 saturated heterocycles. The molecule has 0 radical (unpaired) electrons. The fourth-order valence-electron chi connectivity index (χ4n) is 1.78. The van der Waals surface area contributed by atoms with Crippen molar-refractivity contribution in [2.75, 3.05) is 18.5 Å². The zero-order valence-corrected chi connectivity index (χ0v) is 11.2. The highest BCUT2D eigenvalue weighted by Crippen LogP contribution is 2.21. The number of para-hydroxylation sites is 1. The molecule has 2 N–H and O–H groups in total. The van der Waals surface area contributed by atoms with Crippen LogP contribution in [0.5, 0.6) is 0 Å². The van der Waals surface area contributed by atoms with Gasteiger partial charge < -0.3 is 10.4 Å². The number of aliphatic hydroxyl groups is 1. The van der Waals surface area contributed by atoms with Gasteiger partial charge in [0, 0.05) is 24.0 Å². The van der Waals surface area contributed by atoms with Crippen molar-refractivity contribution in [2.24, 2.45) is 5.41 Å². The number of nitrogens with zero attached hydrogens (tertiary/aromatic N) is 1. The maximum Gasteiger partial charge on any atom is 0.129 e. The molecule has 0 aliphatic carbocycles. The van der Waals surface area contributed by atoms with Gasteiger partial charge in [-0.1, -0.05) is 32.0 Å². The van der Waals surface area contributed by atoms with E-state index < -0.39 is 0 Å². The number of benzene rings is 1. The Kier molecular flexibility index (Phi) is 3.53. The van der Waals surface area contributed by atoms with Crippen molar-refractivity contribution in [1.29, 1.82) is 0 Å². The first-order valence-electron chi connectivity index (χ1n) is 6.23. The topological polar surface area (TPSA) is 45.2 Å². The van der Waals surface area contributed by atoms with Crippen molar-refractivity contribution in [2.45, 2.75) is 20.8 Å².